The van der Waals surface area contributed by atoms with Gasteiger partial charge in [0.2, 0.25) is 0 Å². The van der Waals surface area contributed by atoms with E-state index < -0.39 is 12.1 Å². The normalized spacial score (nSPS) is 15.3. The lowest BCUT2D eigenvalue weighted by Crippen LogP contribution is -2.37. The number of fused-ring (bicyclic) bond motifs is 1. The third-order valence-corrected chi connectivity index (χ3v) is 5.03. The van der Waals surface area contributed by atoms with E-state index in [0.717, 1.165) is 12.6 Å². The zero-order valence-corrected chi connectivity index (χ0v) is 16.8. The second-order valence-electron chi connectivity index (χ2n) is 7.19. The molecule has 3 rings (SSSR count). The van der Waals surface area contributed by atoms with Gasteiger partial charge in [-0.2, -0.15) is 13.2 Å². The summed E-state index contributed by atoms with van der Waals surface area (Å²) in [5, 5.41) is 9.69. The fourth-order valence-corrected chi connectivity index (χ4v) is 3.50. The maximum atomic E-state index is 12.5. The Balaban J connectivity index is 1.56. The molecular formula is C23H21F3N2O3. The highest BCUT2D eigenvalue weighted by molar-refractivity contribution is 5.99. The molecule has 0 radical (unpaired) electrons. The molecule has 162 valence electrons. The lowest BCUT2D eigenvalue weighted by atomic mass is 10.1. The Hall–Kier alpha value is -3.31. The highest BCUT2D eigenvalue weighted by atomic mass is 19.4. The highest BCUT2D eigenvalue weighted by Crippen LogP contribution is 2.32. The van der Waals surface area contributed by atoms with Gasteiger partial charge in [0.1, 0.15) is 0 Å². The average molecular weight is 430 g/mol. The number of halogens is 3. The zero-order chi connectivity index (χ0) is 22.6. The third-order valence-electron chi connectivity index (χ3n) is 5.03. The lowest BCUT2D eigenvalue weighted by molar-refractivity contribution is -0.184. The summed E-state index contributed by atoms with van der Waals surface area (Å²) in [5.74, 6) is 3.92. The van der Waals surface area contributed by atoms with Crippen LogP contribution >= 0.6 is 0 Å². The summed E-state index contributed by atoms with van der Waals surface area (Å²) in [4.78, 5) is 25.9. The van der Waals surface area contributed by atoms with Crippen LogP contribution in [0.4, 0.5) is 13.2 Å². The van der Waals surface area contributed by atoms with Crippen LogP contribution in [-0.2, 0) is 11.3 Å². The topological polar surface area (TPSA) is 60.9 Å². The molecule has 0 fully saturated rings. The van der Waals surface area contributed by atoms with Crippen LogP contribution in [0.15, 0.2) is 48.5 Å². The van der Waals surface area contributed by atoms with Gasteiger partial charge in [-0.05, 0) is 29.3 Å². The van der Waals surface area contributed by atoms with E-state index in [0.29, 0.717) is 34.6 Å². The van der Waals surface area contributed by atoms with Crippen LogP contribution < -0.4 is 0 Å². The number of carbonyl (C=O) groups is 2. The molecule has 1 aliphatic rings. The van der Waals surface area contributed by atoms with Crippen molar-refractivity contribution >= 4 is 11.8 Å². The number of benzene rings is 2. The molecule has 1 atom stereocenters. The number of hydrogen-bond acceptors (Lipinski definition) is 3. The number of hydrogen-bond donors (Lipinski definition) is 1. The number of rotatable bonds is 5. The van der Waals surface area contributed by atoms with Crippen molar-refractivity contribution in [3.63, 3.8) is 0 Å². The van der Waals surface area contributed by atoms with E-state index in [2.05, 4.69) is 11.8 Å². The van der Waals surface area contributed by atoms with Gasteiger partial charge in [0.15, 0.2) is 0 Å². The number of amides is 2. The molecule has 0 aliphatic carbocycles. The quantitative estimate of drug-likeness (QED) is 0.742. The van der Waals surface area contributed by atoms with Gasteiger partial charge in [-0.25, -0.2) is 0 Å². The molecule has 1 aliphatic heterocycles. The number of aliphatic hydroxyl groups excluding tert-OH is 1. The molecule has 0 bridgehead atoms. The van der Waals surface area contributed by atoms with Gasteiger partial charge in [-0.15, -0.1) is 0 Å². The molecule has 2 aromatic carbocycles. The molecule has 2 amide bonds. The zero-order valence-electron chi connectivity index (χ0n) is 16.8. The maximum Gasteiger partial charge on any atom is 0.471 e. The Bertz CT molecular complexity index is 1020. The van der Waals surface area contributed by atoms with Crippen LogP contribution in [0.25, 0.3) is 0 Å². The fraction of sp³-hybridized carbons (Fsp3) is 0.304. The minimum Gasteiger partial charge on any atom is -0.394 e. The first-order valence-corrected chi connectivity index (χ1v) is 9.63. The molecule has 31 heavy (non-hydrogen) atoms. The van der Waals surface area contributed by atoms with Gasteiger partial charge in [0.05, 0.1) is 12.6 Å². The Labute approximate surface area is 178 Å². The summed E-state index contributed by atoms with van der Waals surface area (Å²) in [7, 11) is 1.10. The van der Waals surface area contributed by atoms with Crippen LogP contribution in [-0.4, -0.2) is 53.1 Å². The van der Waals surface area contributed by atoms with Gasteiger partial charge in [-0.1, -0.05) is 42.2 Å². The second kappa shape index (κ2) is 9.23. The van der Waals surface area contributed by atoms with Crippen LogP contribution in [0.3, 0.4) is 0 Å². The van der Waals surface area contributed by atoms with Crippen LogP contribution in [0.5, 0.6) is 0 Å². The minimum atomic E-state index is -4.90. The van der Waals surface area contributed by atoms with Gasteiger partial charge in [0, 0.05) is 37.7 Å². The first-order chi connectivity index (χ1) is 14.7. The molecule has 0 spiro atoms. The van der Waals surface area contributed by atoms with E-state index in [1.54, 1.807) is 41.3 Å². The molecular weight excluding hydrogens is 409 g/mol. The van der Waals surface area contributed by atoms with Crippen molar-refractivity contribution in [2.24, 2.45) is 0 Å². The van der Waals surface area contributed by atoms with E-state index >= 15 is 0 Å². The summed E-state index contributed by atoms with van der Waals surface area (Å²) < 4.78 is 37.4. The van der Waals surface area contributed by atoms with Gasteiger partial charge >= 0.3 is 12.1 Å². The van der Waals surface area contributed by atoms with Gasteiger partial charge in [0.25, 0.3) is 5.91 Å². The van der Waals surface area contributed by atoms with E-state index in [-0.39, 0.29) is 25.1 Å². The number of carbonyl (C=O) groups excluding carboxylic acids is 2. The molecule has 1 N–H and O–H groups in total. The van der Waals surface area contributed by atoms with E-state index in [9.17, 15) is 27.9 Å². The van der Waals surface area contributed by atoms with Crippen LogP contribution in [0.1, 0.15) is 39.5 Å². The number of alkyl halides is 3. The summed E-state index contributed by atoms with van der Waals surface area (Å²) in [5.41, 5.74) is 2.63. The van der Waals surface area contributed by atoms with Crippen LogP contribution in [0, 0.1) is 11.8 Å². The van der Waals surface area contributed by atoms with E-state index in [1.807, 2.05) is 12.1 Å². The summed E-state index contributed by atoms with van der Waals surface area (Å²) in [6.45, 7) is 0.0450. The summed E-state index contributed by atoms with van der Waals surface area (Å²) >= 11 is 0. The van der Waals surface area contributed by atoms with Crippen molar-refractivity contribution in [2.45, 2.75) is 25.2 Å². The summed E-state index contributed by atoms with van der Waals surface area (Å²) in [6, 6.07) is 13.4. The molecule has 2 aromatic rings. The molecule has 8 heteroatoms. The molecule has 0 saturated carbocycles. The second-order valence-corrected chi connectivity index (χ2v) is 7.19. The number of aliphatic hydroxyl groups is 1. The first kappa shape index (κ1) is 22.4. The fourth-order valence-electron chi connectivity index (χ4n) is 3.50. The SMILES string of the molecule is CN(Cc1ccc(C#CCCN2C(=O)c3ccccc3C2CO)cc1)C(=O)C(F)(F)F. The van der Waals surface area contributed by atoms with Gasteiger partial charge in [-0.3, -0.25) is 9.59 Å². The van der Waals surface area contributed by atoms with Crippen molar-refractivity contribution in [3.05, 3.63) is 70.8 Å². The Morgan fingerprint density at radius 3 is 2.48 bits per heavy atom. The predicted octanol–water partition coefficient (Wildman–Crippen LogP) is 3.14. The van der Waals surface area contributed by atoms with Gasteiger partial charge < -0.3 is 14.9 Å². The van der Waals surface area contributed by atoms with E-state index in [4.69, 9.17) is 0 Å². The minimum absolute atomic E-state index is 0.127. The first-order valence-electron chi connectivity index (χ1n) is 9.63. The Morgan fingerprint density at radius 2 is 1.84 bits per heavy atom. The van der Waals surface area contributed by atoms with Crippen molar-refractivity contribution in [1.82, 2.24) is 9.80 Å². The molecule has 1 heterocycles. The van der Waals surface area contributed by atoms with Crippen molar-refractivity contribution in [1.29, 1.82) is 0 Å². The largest absolute Gasteiger partial charge is 0.471 e. The summed E-state index contributed by atoms with van der Waals surface area (Å²) in [6.07, 6.45) is -4.49. The van der Waals surface area contributed by atoms with Crippen LogP contribution in [0.2, 0.25) is 0 Å². The molecule has 5 nitrogen and oxygen atoms in total. The highest BCUT2D eigenvalue weighted by Gasteiger charge is 2.41. The number of nitrogens with zero attached hydrogens (tertiary/aromatic N) is 2. The average Bonchev–Trinajstić information content (AvgIpc) is 3.02. The lowest BCUT2D eigenvalue weighted by Gasteiger charge is -2.22. The maximum absolute atomic E-state index is 12.5. The Kier molecular flexibility index (Phi) is 6.66. The van der Waals surface area contributed by atoms with Crippen molar-refractivity contribution in [2.75, 3.05) is 20.2 Å². The Morgan fingerprint density at radius 1 is 1.16 bits per heavy atom. The molecule has 1 unspecified atom stereocenters. The monoisotopic (exact) mass is 430 g/mol. The molecule has 0 saturated heterocycles. The molecule has 0 aromatic heterocycles. The smallest absolute Gasteiger partial charge is 0.394 e. The van der Waals surface area contributed by atoms with E-state index in [1.165, 1.54) is 0 Å². The standard InChI is InChI=1S/C23H21F3N2O3/c1-27(22(31)23(24,25)26)14-17-11-9-16(10-12-17)6-4-5-13-28-20(15-29)18-7-2-3-8-19(18)21(28)30/h2-3,7-12,20,29H,5,13-15H2,1H3. The van der Waals surface area contributed by atoms with Crippen molar-refractivity contribution < 1.29 is 27.9 Å². The third kappa shape index (κ3) is 5.06. The van der Waals surface area contributed by atoms with Crippen molar-refractivity contribution in [3.8, 4) is 11.8 Å². The predicted molar refractivity (Wildman–Crippen MR) is 108 cm³/mol.